The van der Waals surface area contributed by atoms with E-state index in [1.165, 1.54) is 5.56 Å². The summed E-state index contributed by atoms with van der Waals surface area (Å²) in [4.78, 5) is 11.5. The summed E-state index contributed by atoms with van der Waals surface area (Å²) in [5, 5.41) is 0.521. The Labute approximate surface area is 158 Å². The van der Waals surface area contributed by atoms with Crippen LogP contribution >= 0.6 is 11.6 Å². The van der Waals surface area contributed by atoms with Crippen LogP contribution in [0, 0.1) is 0 Å². The highest BCUT2D eigenvalue weighted by Crippen LogP contribution is 2.42. The monoisotopic (exact) mass is 365 g/mol. The first-order chi connectivity index (χ1) is 12.6. The number of rotatable bonds is 2. The molecule has 0 bridgehead atoms. The minimum Gasteiger partial charge on any atom is -0.497 e. The highest BCUT2D eigenvalue weighted by Gasteiger charge is 2.27. The highest BCUT2D eigenvalue weighted by molar-refractivity contribution is 6.30. The van der Waals surface area contributed by atoms with E-state index in [0.29, 0.717) is 11.0 Å². The van der Waals surface area contributed by atoms with Crippen LogP contribution in [0.1, 0.15) is 24.0 Å². The number of halogens is 1. The van der Waals surface area contributed by atoms with Crippen molar-refractivity contribution in [2.45, 2.75) is 19.3 Å². The van der Waals surface area contributed by atoms with Crippen LogP contribution in [0.25, 0.3) is 11.4 Å². The normalized spacial score (nSPS) is 15.8. The largest absolute Gasteiger partial charge is 0.497 e. The van der Waals surface area contributed by atoms with Gasteiger partial charge in [0.2, 0.25) is 0 Å². The molecule has 0 unspecified atom stereocenters. The Hall–Kier alpha value is -2.59. The number of benzene rings is 2. The third kappa shape index (κ3) is 2.80. The van der Waals surface area contributed by atoms with Crippen molar-refractivity contribution in [1.82, 2.24) is 9.97 Å². The predicted molar refractivity (Wildman–Crippen MR) is 106 cm³/mol. The third-order valence-electron chi connectivity index (χ3n) is 4.92. The van der Waals surface area contributed by atoms with Gasteiger partial charge in [-0.1, -0.05) is 48.9 Å². The first-order valence-corrected chi connectivity index (χ1v) is 8.99. The molecule has 2 aromatic carbocycles. The van der Waals surface area contributed by atoms with Crippen LogP contribution in [0.3, 0.4) is 0 Å². The Balaban J connectivity index is 1.89. The maximum absolute atomic E-state index is 6.60. The molecule has 0 spiro atoms. The van der Waals surface area contributed by atoms with Crippen LogP contribution in [0.4, 0.5) is 11.5 Å². The van der Waals surface area contributed by atoms with Crippen molar-refractivity contribution >= 4 is 23.1 Å². The van der Waals surface area contributed by atoms with Crippen LogP contribution < -0.4 is 9.64 Å². The Morgan fingerprint density at radius 3 is 2.62 bits per heavy atom. The van der Waals surface area contributed by atoms with Gasteiger partial charge in [0.15, 0.2) is 5.82 Å². The molecule has 0 radical (unpaired) electrons. The number of anilines is 2. The molecule has 1 aliphatic rings. The summed E-state index contributed by atoms with van der Waals surface area (Å²) in [6.45, 7) is 2.20. The maximum Gasteiger partial charge on any atom is 0.163 e. The molecule has 0 amide bonds. The first kappa shape index (κ1) is 16.9. The van der Waals surface area contributed by atoms with E-state index in [2.05, 4.69) is 28.9 Å². The summed E-state index contributed by atoms with van der Waals surface area (Å²) < 4.78 is 5.41. The molecule has 0 N–H and O–H groups in total. The lowest BCUT2D eigenvalue weighted by Gasteiger charge is -2.22. The number of aromatic nitrogens is 2. The van der Waals surface area contributed by atoms with Crippen molar-refractivity contribution in [2.24, 2.45) is 0 Å². The number of nitrogens with zero attached hydrogens (tertiary/aromatic N) is 3. The van der Waals surface area contributed by atoms with Crippen LogP contribution in [0.2, 0.25) is 5.15 Å². The van der Waals surface area contributed by atoms with Crippen LogP contribution in [0.5, 0.6) is 5.75 Å². The predicted octanol–water partition coefficient (Wildman–Crippen LogP) is 5.23. The van der Waals surface area contributed by atoms with Crippen LogP contribution in [0.15, 0.2) is 48.5 Å². The average molecular weight is 366 g/mol. The summed E-state index contributed by atoms with van der Waals surface area (Å²) in [5.74, 6) is 2.65. The number of methoxy groups -OCH3 is 1. The first-order valence-electron chi connectivity index (χ1n) is 8.62. The maximum atomic E-state index is 6.60. The van der Waals surface area contributed by atoms with Gasteiger partial charge in [-0.2, -0.15) is 0 Å². The lowest BCUT2D eigenvalue weighted by Crippen LogP contribution is -2.14. The van der Waals surface area contributed by atoms with Crippen LogP contribution in [-0.2, 0) is 6.42 Å². The fraction of sp³-hybridized carbons (Fsp3) is 0.238. The van der Waals surface area contributed by atoms with Gasteiger partial charge in [0, 0.05) is 23.9 Å². The molecule has 0 fully saturated rings. The zero-order valence-corrected chi connectivity index (χ0v) is 15.8. The van der Waals surface area contributed by atoms with E-state index in [0.717, 1.165) is 34.8 Å². The lowest BCUT2D eigenvalue weighted by atomic mass is 9.94. The highest BCUT2D eigenvalue weighted by atomic mass is 35.5. The van der Waals surface area contributed by atoms with Gasteiger partial charge in [0.1, 0.15) is 16.7 Å². The Kier molecular flexibility index (Phi) is 4.29. The lowest BCUT2D eigenvalue weighted by molar-refractivity contribution is 0.414. The van der Waals surface area contributed by atoms with Crippen molar-refractivity contribution in [1.29, 1.82) is 0 Å². The van der Waals surface area contributed by atoms with Crippen molar-refractivity contribution in [3.8, 4) is 17.1 Å². The summed E-state index contributed by atoms with van der Waals surface area (Å²) in [6, 6.07) is 16.1. The molecule has 5 heteroatoms. The van der Waals surface area contributed by atoms with Crippen molar-refractivity contribution in [3.05, 3.63) is 64.8 Å². The molecule has 4 rings (SSSR count). The summed E-state index contributed by atoms with van der Waals surface area (Å²) in [6.07, 6.45) is 0.785. The molecule has 3 aromatic rings. The Bertz CT molecular complexity index is 959. The SMILES string of the molecule is COc1ccc2c(c1)[C@H](C)Cc1c(Cl)nc(-c3ccccc3)nc1N2C. The molecule has 0 aliphatic carbocycles. The minimum atomic E-state index is 0.285. The van der Waals surface area contributed by atoms with Gasteiger partial charge in [-0.05, 0) is 36.1 Å². The molecule has 4 nitrogen and oxygen atoms in total. The third-order valence-corrected chi connectivity index (χ3v) is 5.23. The fourth-order valence-corrected chi connectivity index (χ4v) is 3.75. The topological polar surface area (TPSA) is 38.3 Å². The molecule has 1 aliphatic heterocycles. The Morgan fingerprint density at radius 1 is 1.12 bits per heavy atom. The van der Waals surface area contributed by atoms with E-state index in [1.54, 1.807) is 7.11 Å². The standard InChI is InChI=1S/C21H20ClN3O/c1-13-11-17-19(22)23-20(14-7-5-4-6-8-14)24-21(17)25(2)18-10-9-15(26-3)12-16(13)18/h4-10,12-13H,11H2,1-3H3/t13-/m1/s1. The van der Waals surface area contributed by atoms with Crippen molar-refractivity contribution < 1.29 is 4.74 Å². The second-order valence-corrected chi connectivity index (χ2v) is 6.95. The molecule has 0 saturated carbocycles. The minimum absolute atomic E-state index is 0.285. The van der Waals surface area contributed by atoms with Gasteiger partial charge in [0.25, 0.3) is 0 Å². The van der Waals surface area contributed by atoms with Crippen molar-refractivity contribution in [2.75, 3.05) is 19.1 Å². The van der Waals surface area contributed by atoms with E-state index in [4.69, 9.17) is 21.3 Å². The zero-order chi connectivity index (χ0) is 18.3. The molecular formula is C21H20ClN3O. The van der Waals surface area contributed by atoms with Crippen LogP contribution in [-0.4, -0.2) is 24.1 Å². The molecule has 132 valence electrons. The quantitative estimate of drug-likeness (QED) is 0.582. The van der Waals surface area contributed by atoms with E-state index >= 15 is 0 Å². The number of fused-ring (bicyclic) bond motifs is 2. The Morgan fingerprint density at radius 2 is 1.88 bits per heavy atom. The van der Waals surface area contributed by atoms with E-state index in [-0.39, 0.29) is 5.92 Å². The van der Waals surface area contributed by atoms with Gasteiger partial charge >= 0.3 is 0 Å². The summed E-state index contributed by atoms with van der Waals surface area (Å²) in [5.41, 5.74) is 4.28. The number of hydrogen-bond donors (Lipinski definition) is 0. The number of ether oxygens (including phenoxy) is 1. The van der Waals surface area contributed by atoms with Gasteiger partial charge in [-0.3, -0.25) is 0 Å². The smallest absolute Gasteiger partial charge is 0.163 e. The van der Waals surface area contributed by atoms with Gasteiger partial charge in [-0.25, -0.2) is 9.97 Å². The fourth-order valence-electron chi connectivity index (χ4n) is 3.50. The molecule has 26 heavy (non-hydrogen) atoms. The van der Waals surface area contributed by atoms with Gasteiger partial charge < -0.3 is 9.64 Å². The number of hydrogen-bond acceptors (Lipinski definition) is 4. The molecule has 1 atom stereocenters. The molecule has 2 heterocycles. The average Bonchev–Trinajstić information content (AvgIpc) is 2.78. The second kappa shape index (κ2) is 6.61. The molecule has 1 aromatic heterocycles. The van der Waals surface area contributed by atoms with E-state index < -0.39 is 0 Å². The molecular weight excluding hydrogens is 346 g/mol. The summed E-state index contributed by atoms with van der Waals surface area (Å²) >= 11 is 6.60. The molecule has 0 saturated heterocycles. The second-order valence-electron chi connectivity index (χ2n) is 6.60. The van der Waals surface area contributed by atoms with Crippen molar-refractivity contribution in [3.63, 3.8) is 0 Å². The van der Waals surface area contributed by atoms with E-state index in [9.17, 15) is 0 Å². The zero-order valence-electron chi connectivity index (χ0n) is 15.0. The van der Waals surface area contributed by atoms with Gasteiger partial charge in [0.05, 0.1) is 7.11 Å². The van der Waals surface area contributed by atoms with Gasteiger partial charge in [-0.15, -0.1) is 0 Å². The summed E-state index contributed by atoms with van der Waals surface area (Å²) in [7, 11) is 3.72. The van der Waals surface area contributed by atoms with E-state index in [1.807, 2.05) is 43.4 Å².